The van der Waals surface area contributed by atoms with E-state index in [0.29, 0.717) is 13.0 Å². The summed E-state index contributed by atoms with van der Waals surface area (Å²) in [4.78, 5) is 24.7. The second-order valence-electron chi connectivity index (χ2n) is 4.23. The molecule has 1 rings (SSSR count). The molecule has 82 valence electrons. The first-order valence-corrected chi connectivity index (χ1v) is 4.97. The van der Waals surface area contributed by atoms with Gasteiger partial charge in [0.15, 0.2) is 0 Å². The minimum Gasteiger partial charge on any atom is -0.345 e. The van der Waals surface area contributed by atoms with Gasteiger partial charge in [0.25, 0.3) is 0 Å². The lowest BCUT2D eigenvalue weighted by Crippen LogP contribution is -2.51. The van der Waals surface area contributed by atoms with Crippen molar-refractivity contribution in [1.29, 1.82) is 0 Å². The van der Waals surface area contributed by atoms with Crippen LogP contribution < -0.4 is 5.32 Å². The summed E-state index contributed by atoms with van der Waals surface area (Å²) < 4.78 is 0. The number of terminal acetylenes is 1. The molecule has 1 aliphatic rings. The molecule has 0 aromatic heterocycles. The molecule has 2 amide bonds. The number of rotatable bonds is 1. The van der Waals surface area contributed by atoms with Gasteiger partial charge >= 0.3 is 0 Å². The lowest BCUT2D eigenvalue weighted by atomic mass is 10.0. The second kappa shape index (κ2) is 3.93. The van der Waals surface area contributed by atoms with Crippen LogP contribution in [-0.4, -0.2) is 34.8 Å². The summed E-state index contributed by atoms with van der Waals surface area (Å²) in [6.07, 6.45) is 5.69. The summed E-state index contributed by atoms with van der Waals surface area (Å²) in [5, 5.41) is 2.62. The van der Waals surface area contributed by atoms with Crippen molar-refractivity contribution in [2.75, 3.05) is 6.54 Å². The summed E-state index contributed by atoms with van der Waals surface area (Å²) in [5.41, 5.74) is -0.641. The van der Waals surface area contributed by atoms with E-state index in [4.69, 9.17) is 6.42 Å². The number of carbonyl (C=O) groups excluding carboxylic acids is 2. The second-order valence-corrected chi connectivity index (χ2v) is 4.23. The Hall–Kier alpha value is -1.50. The normalized spacial score (nSPS) is 23.1. The largest absolute Gasteiger partial charge is 0.345 e. The van der Waals surface area contributed by atoms with Crippen LogP contribution in [0.5, 0.6) is 0 Å². The molecule has 0 spiro atoms. The van der Waals surface area contributed by atoms with Crippen molar-refractivity contribution >= 4 is 11.8 Å². The van der Waals surface area contributed by atoms with Gasteiger partial charge in [-0.15, -0.1) is 6.42 Å². The van der Waals surface area contributed by atoms with E-state index in [9.17, 15) is 9.59 Å². The Kier molecular flexibility index (Phi) is 3.04. The molecular formula is C11H16N2O2. The van der Waals surface area contributed by atoms with Crippen LogP contribution in [0.4, 0.5) is 0 Å². The molecule has 1 saturated heterocycles. The topological polar surface area (TPSA) is 49.4 Å². The van der Waals surface area contributed by atoms with Gasteiger partial charge in [0.1, 0.15) is 6.04 Å². The van der Waals surface area contributed by atoms with Crippen molar-refractivity contribution in [3.05, 3.63) is 0 Å². The predicted molar refractivity (Wildman–Crippen MR) is 56.8 cm³/mol. The van der Waals surface area contributed by atoms with Crippen LogP contribution in [0.15, 0.2) is 0 Å². The van der Waals surface area contributed by atoms with Crippen LogP contribution >= 0.6 is 0 Å². The highest BCUT2D eigenvalue weighted by Crippen LogP contribution is 2.17. The summed E-state index contributed by atoms with van der Waals surface area (Å²) in [5.74, 6) is 2.34. The lowest BCUT2D eigenvalue weighted by Gasteiger charge is -2.34. The molecule has 1 aliphatic heterocycles. The van der Waals surface area contributed by atoms with E-state index in [-0.39, 0.29) is 11.8 Å². The Bertz CT molecular complexity index is 328. The number of carbonyl (C=O) groups is 2. The summed E-state index contributed by atoms with van der Waals surface area (Å²) in [7, 11) is 0. The third kappa shape index (κ3) is 2.30. The zero-order chi connectivity index (χ0) is 11.6. The lowest BCUT2D eigenvalue weighted by molar-refractivity contribution is -0.136. The van der Waals surface area contributed by atoms with Gasteiger partial charge in [-0.2, -0.15) is 0 Å². The first kappa shape index (κ1) is 11.6. The number of nitrogens with zero attached hydrogens (tertiary/aromatic N) is 1. The number of amides is 2. The third-order valence-corrected chi connectivity index (χ3v) is 2.60. The maximum Gasteiger partial charge on any atom is 0.246 e. The average molecular weight is 208 g/mol. The minimum absolute atomic E-state index is 0.105. The SMILES string of the molecule is C#CC(C)(C)N1CCC(=O)NC(C)C1=O. The quantitative estimate of drug-likeness (QED) is 0.623. The van der Waals surface area contributed by atoms with Crippen molar-refractivity contribution in [2.45, 2.75) is 38.8 Å². The van der Waals surface area contributed by atoms with E-state index in [1.54, 1.807) is 25.7 Å². The van der Waals surface area contributed by atoms with Gasteiger partial charge in [0, 0.05) is 13.0 Å². The smallest absolute Gasteiger partial charge is 0.246 e. The zero-order valence-corrected chi connectivity index (χ0v) is 9.33. The molecule has 1 unspecified atom stereocenters. The van der Waals surface area contributed by atoms with Gasteiger partial charge in [-0.05, 0) is 20.8 Å². The van der Waals surface area contributed by atoms with Gasteiger partial charge < -0.3 is 10.2 Å². The minimum atomic E-state index is -0.641. The Balaban J connectivity index is 2.95. The molecule has 4 nitrogen and oxygen atoms in total. The fourth-order valence-electron chi connectivity index (χ4n) is 1.57. The zero-order valence-electron chi connectivity index (χ0n) is 9.33. The molecule has 1 atom stereocenters. The standard InChI is InChI=1S/C11H16N2O2/c1-5-11(3,4)13-7-6-9(14)12-8(2)10(13)15/h1,8H,6-7H2,2-4H3,(H,12,14). The predicted octanol–water partition coefficient (Wildman–Crippen LogP) is 0.135. The van der Waals surface area contributed by atoms with Gasteiger partial charge in [-0.25, -0.2) is 0 Å². The van der Waals surface area contributed by atoms with Crippen LogP contribution in [0.2, 0.25) is 0 Å². The van der Waals surface area contributed by atoms with Gasteiger partial charge in [0.05, 0.1) is 5.54 Å². The number of nitrogens with one attached hydrogen (secondary N) is 1. The Morgan fingerprint density at radius 3 is 2.67 bits per heavy atom. The van der Waals surface area contributed by atoms with E-state index >= 15 is 0 Å². The van der Waals surface area contributed by atoms with Crippen molar-refractivity contribution in [3.63, 3.8) is 0 Å². The van der Waals surface area contributed by atoms with Crippen molar-refractivity contribution in [1.82, 2.24) is 10.2 Å². The summed E-state index contributed by atoms with van der Waals surface area (Å²) in [6, 6.07) is -0.493. The van der Waals surface area contributed by atoms with E-state index in [2.05, 4.69) is 11.2 Å². The first-order chi connectivity index (χ1) is 6.88. The van der Waals surface area contributed by atoms with Crippen molar-refractivity contribution < 1.29 is 9.59 Å². The number of hydrogen-bond acceptors (Lipinski definition) is 2. The molecule has 15 heavy (non-hydrogen) atoms. The average Bonchev–Trinajstić information content (AvgIpc) is 2.28. The maximum absolute atomic E-state index is 11.9. The van der Waals surface area contributed by atoms with E-state index < -0.39 is 11.6 Å². The monoisotopic (exact) mass is 208 g/mol. The molecule has 1 fully saturated rings. The van der Waals surface area contributed by atoms with Crippen LogP contribution in [0.25, 0.3) is 0 Å². The molecule has 0 radical (unpaired) electrons. The van der Waals surface area contributed by atoms with E-state index in [0.717, 1.165) is 0 Å². The Labute approximate surface area is 90.0 Å². The molecule has 0 aromatic rings. The molecule has 1 heterocycles. The molecule has 0 aliphatic carbocycles. The summed E-state index contributed by atoms with van der Waals surface area (Å²) >= 11 is 0. The first-order valence-electron chi connectivity index (χ1n) is 4.97. The van der Waals surface area contributed by atoms with Crippen molar-refractivity contribution in [2.24, 2.45) is 0 Å². The van der Waals surface area contributed by atoms with Crippen LogP contribution in [-0.2, 0) is 9.59 Å². The molecular weight excluding hydrogens is 192 g/mol. The Morgan fingerprint density at radius 1 is 1.53 bits per heavy atom. The number of hydrogen-bond donors (Lipinski definition) is 1. The van der Waals surface area contributed by atoms with Crippen LogP contribution in [0, 0.1) is 12.3 Å². The third-order valence-electron chi connectivity index (χ3n) is 2.60. The molecule has 0 aromatic carbocycles. The highest BCUT2D eigenvalue weighted by molar-refractivity contribution is 5.90. The highest BCUT2D eigenvalue weighted by atomic mass is 16.2. The van der Waals surface area contributed by atoms with Gasteiger partial charge in [0.2, 0.25) is 11.8 Å². The summed E-state index contributed by atoms with van der Waals surface area (Å²) in [6.45, 7) is 5.65. The fraction of sp³-hybridized carbons (Fsp3) is 0.636. The highest BCUT2D eigenvalue weighted by Gasteiger charge is 2.34. The molecule has 1 N–H and O–H groups in total. The van der Waals surface area contributed by atoms with E-state index in [1.807, 2.05) is 0 Å². The fourth-order valence-corrected chi connectivity index (χ4v) is 1.57. The molecule has 0 bridgehead atoms. The van der Waals surface area contributed by atoms with Gasteiger partial charge in [-0.3, -0.25) is 9.59 Å². The van der Waals surface area contributed by atoms with Gasteiger partial charge in [-0.1, -0.05) is 5.92 Å². The van der Waals surface area contributed by atoms with Crippen LogP contribution in [0.1, 0.15) is 27.2 Å². The van der Waals surface area contributed by atoms with Crippen molar-refractivity contribution in [3.8, 4) is 12.3 Å². The van der Waals surface area contributed by atoms with Crippen LogP contribution in [0.3, 0.4) is 0 Å². The molecule has 0 saturated carbocycles. The Morgan fingerprint density at radius 2 is 2.13 bits per heavy atom. The maximum atomic E-state index is 11.9. The molecule has 4 heteroatoms. The van der Waals surface area contributed by atoms with E-state index in [1.165, 1.54) is 0 Å².